The van der Waals surface area contributed by atoms with Crippen LogP contribution in [0.3, 0.4) is 0 Å². The van der Waals surface area contributed by atoms with E-state index in [1.807, 2.05) is 24.3 Å². The molecule has 0 spiro atoms. The summed E-state index contributed by atoms with van der Waals surface area (Å²) in [5, 5.41) is 0.703. The summed E-state index contributed by atoms with van der Waals surface area (Å²) in [6.45, 7) is 0.986. The average molecular weight is 263 g/mol. The van der Waals surface area contributed by atoms with Crippen LogP contribution in [0.25, 0.3) is 0 Å². The van der Waals surface area contributed by atoms with Crippen molar-refractivity contribution in [2.75, 3.05) is 13.6 Å². The van der Waals surface area contributed by atoms with E-state index in [1.54, 1.807) is 11.9 Å². The molecule has 0 saturated carbocycles. The van der Waals surface area contributed by atoms with Crippen LogP contribution >= 0.6 is 24.0 Å². The third-order valence-electron chi connectivity index (χ3n) is 2.12. The van der Waals surface area contributed by atoms with Crippen LogP contribution < -0.4 is 5.73 Å². The summed E-state index contributed by atoms with van der Waals surface area (Å²) in [7, 11) is 1.77. The Morgan fingerprint density at radius 2 is 1.94 bits per heavy atom. The first-order chi connectivity index (χ1) is 7.13. The molecule has 16 heavy (non-hydrogen) atoms. The van der Waals surface area contributed by atoms with E-state index in [1.165, 1.54) is 0 Å². The normalized spacial score (nSPS) is 9.44. The monoisotopic (exact) mass is 262 g/mol. The molecule has 0 radical (unpaired) electrons. The van der Waals surface area contributed by atoms with E-state index in [-0.39, 0.29) is 18.3 Å². The molecule has 2 N–H and O–H groups in total. The summed E-state index contributed by atoms with van der Waals surface area (Å²) in [6, 6.07) is 7.46. The van der Waals surface area contributed by atoms with Gasteiger partial charge in [0, 0.05) is 31.6 Å². The van der Waals surface area contributed by atoms with Crippen molar-refractivity contribution in [3.8, 4) is 0 Å². The highest BCUT2D eigenvalue weighted by atomic mass is 35.5. The fourth-order valence-corrected chi connectivity index (χ4v) is 1.39. The molecular formula is C11H16Cl2N2O. The second-order valence-electron chi connectivity index (χ2n) is 3.41. The number of carbonyl (C=O) groups is 1. The molecule has 3 nitrogen and oxygen atoms in total. The molecule has 0 fully saturated rings. The fraction of sp³-hybridized carbons (Fsp3) is 0.364. The van der Waals surface area contributed by atoms with Crippen molar-refractivity contribution in [2.24, 2.45) is 5.73 Å². The third kappa shape index (κ3) is 4.84. The summed E-state index contributed by atoms with van der Waals surface area (Å²) < 4.78 is 0. The number of hydrogen-bond donors (Lipinski definition) is 1. The molecule has 5 heteroatoms. The number of amides is 1. The molecule has 0 bridgehead atoms. The SMILES string of the molecule is CN(Cc1ccc(Cl)cc1)C(=O)CCN.Cl. The van der Waals surface area contributed by atoms with E-state index in [0.29, 0.717) is 24.5 Å². The maximum absolute atomic E-state index is 11.4. The van der Waals surface area contributed by atoms with Gasteiger partial charge in [0.2, 0.25) is 5.91 Å². The van der Waals surface area contributed by atoms with E-state index >= 15 is 0 Å². The van der Waals surface area contributed by atoms with Crippen molar-refractivity contribution >= 4 is 29.9 Å². The standard InChI is InChI=1S/C11H15ClN2O.ClH/c1-14(11(15)6-7-13)8-9-2-4-10(12)5-3-9;/h2-5H,6-8,13H2,1H3;1H. The zero-order valence-corrected chi connectivity index (χ0v) is 10.7. The van der Waals surface area contributed by atoms with Gasteiger partial charge in [-0.25, -0.2) is 0 Å². The topological polar surface area (TPSA) is 46.3 Å². The number of carbonyl (C=O) groups excluding carboxylic acids is 1. The van der Waals surface area contributed by atoms with E-state index in [2.05, 4.69) is 0 Å². The maximum atomic E-state index is 11.4. The quantitative estimate of drug-likeness (QED) is 0.903. The fourth-order valence-electron chi connectivity index (χ4n) is 1.27. The highest BCUT2D eigenvalue weighted by Gasteiger charge is 2.07. The Balaban J connectivity index is 0.00000225. The molecule has 1 rings (SSSR count). The van der Waals surface area contributed by atoms with Crippen LogP contribution in [-0.4, -0.2) is 24.4 Å². The molecule has 0 aromatic heterocycles. The van der Waals surface area contributed by atoms with Crippen LogP contribution in [0.5, 0.6) is 0 Å². The van der Waals surface area contributed by atoms with Crippen LogP contribution in [-0.2, 0) is 11.3 Å². The predicted molar refractivity (Wildman–Crippen MR) is 68.8 cm³/mol. The minimum absolute atomic E-state index is 0. The van der Waals surface area contributed by atoms with E-state index in [0.717, 1.165) is 5.56 Å². The van der Waals surface area contributed by atoms with Crippen molar-refractivity contribution < 1.29 is 4.79 Å². The highest BCUT2D eigenvalue weighted by molar-refractivity contribution is 6.30. The van der Waals surface area contributed by atoms with Crippen LogP contribution in [0, 0.1) is 0 Å². The van der Waals surface area contributed by atoms with Gasteiger partial charge in [-0.15, -0.1) is 12.4 Å². The molecule has 0 saturated heterocycles. The van der Waals surface area contributed by atoms with Gasteiger partial charge in [-0.2, -0.15) is 0 Å². The van der Waals surface area contributed by atoms with Gasteiger partial charge in [0.25, 0.3) is 0 Å². The second-order valence-corrected chi connectivity index (χ2v) is 3.85. The molecule has 0 unspecified atom stereocenters. The lowest BCUT2D eigenvalue weighted by Crippen LogP contribution is -2.27. The van der Waals surface area contributed by atoms with Crippen molar-refractivity contribution in [1.82, 2.24) is 4.90 Å². The summed E-state index contributed by atoms with van der Waals surface area (Å²) in [4.78, 5) is 13.1. The van der Waals surface area contributed by atoms with E-state index < -0.39 is 0 Å². The third-order valence-corrected chi connectivity index (χ3v) is 2.37. The number of rotatable bonds is 4. The number of halogens is 2. The smallest absolute Gasteiger partial charge is 0.223 e. The van der Waals surface area contributed by atoms with E-state index in [4.69, 9.17) is 17.3 Å². The molecule has 1 aromatic carbocycles. The summed E-state index contributed by atoms with van der Waals surface area (Å²) in [5.74, 6) is 0.0625. The number of nitrogens with zero attached hydrogens (tertiary/aromatic N) is 1. The lowest BCUT2D eigenvalue weighted by molar-refractivity contribution is -0.130. The highest BCUT2D eigenvalue weighted by Crippen LogP contribution is 2.11. The molecule has 90 valence electrons. The molecule has 0 aliphatic rings. The van der Waals surface area contributed by atoms with Crippen molar-refractivity contribution in [3.63, 3.8) is 0 Å². The van der Waals surface area contributed by atoms with Crippen molar-refractivity contribution in [3.05, 3.63) is 34.9 Å². The molecule has 1 amide bonds. The second kappa shape index (κ2) is 7.49. The Morgan fingerprint density at radius 1 is 1.38 bits per heavy atom. The Kier molecular flexibility index (Phi) is 7.13. The molecule has 0 heterocycles. The Bertz CT molecular complexity index is 327. The Labute approximate surface area is 107 Å². The van der Waals surface area contributed by atoms with E-state index in [9.17, 15) is 4.79 Å². The zero-order valence-electron chi connectivity index (χ0n) is 9.15. The van der Waals surface area contributed by atoms with Gasteiger partial charge < -0.3 is 10.6 Å². The van der Waals surface area contributed by atoms with Crippen LogP contribution in [0.4, 0.5) is 0 Å². The average Bonchev–Trinajstić information content (AvgIpc) is 2.22. The van der Waals surface area contributed by atoms with Gasteiger partial charge >= 0.3 is 0 Å². The van der Waals surface area contributed by atoms with Crippen LogP contribution in [0.1, 0.15) is 12.0 Å². The first-order valence-corrected chi connectivity index (χ1v) is 5.19. The summed E-state index contributed by atoms with van der Waals surface area (Å²) >= 11 is 5.76. The minimum Gasteiger partial charge on any atom is -0.341 e. The molecule has 0 aliphatic heterocycles. The van der Waals surface area contributed by atoms with Crippen LogP contribution in [0.15, 0.2) is 24.3 Å². The van der Waals surface area contributed by atoms with Crippen molar-refractivity contribution in [2.45, 2.75) is 13.0 Å². The predicted octanol–water partition coefficient (Wildman–Crippen LogP) is 2.07. The van der Waals surface area contributed by atoms with Gasteiger partial charge in [0.15, 0.2) is 0 Å². The molecule has 0 atom stereocenters. The minimum atomic E-state index is 0. The van der Waals surface area contributed by atoms with Crippen molar-refractivity contribution in [1.29, 1.82) is 0 Å². The number of hydrogen-bond acceptors (Lipinski definition) is 2. The van der Waals surface area contributed by atoms with Gasteiger partial charge in [0.1, 0.15) is 0 Å². The molecule has 1 aromatic rings. The lowest BCUT2D eigenvalue weighted by Gasteiger charge is -2.16. The van der Waals surface area contributed by atoms with Gasteiger partial charge in [-0.1, -0.05) is 23.7 Å². The Morgan fingerprint density at radius 3 is 2.44 bits per heavy atom. The maximum Gasteiger partial charge on any atom is 0.223 e. The van der Waals surface area contributed by atoms with Gasteiger partial charge in [0.05, 0.1) is 0 Å². The van der Waals surface area contributed by atoms with Crippen LogP contribution in [0.2, 0.25) is 5.02 Å². The molecule has 0 aliphatic carbocycles. The Hall–Kier alpha value is -0.770. The zero-order chi connectivity index (χ0) is 11.3. The summed E-state index contributed by atoms with van der Waals surface area (Å²) in [5.41, 5.74) is 6.38. The summed E-state index contributed by atoms with van der Waals surface area (Å²) in [6.07, 6.45) is 0.393. The first-order valence-electron chi connectivity index (χ1n) is 4.82. The first kappa shape index (κ1) is 15.2. The number of nitrogens with two attached hydrogens (primary N) is 1. The number of benzene rings is 1. The largest absolute Gasteiger partial charge is 0.341 e. The lowest BCUT2D eigenvalue weighted by atomic mass is 10.2. The van der Waals surface area contributed by atoms with Gasteiger partial charge in [-0.05, 0) is 17.7 Å². The molecular weight excluding hydrogens is 247 g/mol. The van der Waals surface area contributed by atoms with Gasteiger partial charge in [-0.3, -0.25) is 4.79 Å².